The molecule has 1 saturated carbocycles. The first-order chi connectivity index (χ1) is 4.93. The van der Waals surface area contributed by atoms with Crippen molar-refractivity contribution >= 4 is 11.6 Å². The second-order valence-corrected chi connectivity index (χ2v) is 3.90. The van der Waals surface area contributed by atoms with E-state index in [1.165, 1.54) is 0 Å². The highest BCUT2D eigenvalue weighted by atomic mass is 16.1. The molecule has 61 valence electrons. The molecular weight excluding hydrogens is 140 g/mol. The fourth-order valence-corrected chi connectivity index (χ4v) is 1.45. The van der Waals surface area contributed by atoms with Crippen LogP contribution in [0.3, 0.4) is 0 Å². The van der Waals surface area contributed by atoms with Crippen LogP contribution in [0.1, 0.15) is 26.7 Å². The average Bonchev–Trinajstić information content (AvgIpc) is 1.81. The van der Waals surface area contributed by atoms with Gasteiger partial charge in [-0.1, -0.05) is 13.8 Å². The van der Waals surface area contributed by atoms with Crippen LogP contribution in [0.2, 0.25) is 0 Å². The minimum Gasteiger partial charge on any atom is -0.299 e. The van der Waals surface area contributed by atoms with E-state index in [4.69, 9.17) is 0 Å². The van der Waals surface area contributed by atoms with E-state index in [1.54, 1.807) is 0 Å². The maximum absolute atomic E-state index is 11.1. The number of ketones is 2. The molecule has 2 nitrogen and oxygen atoms in total. The zero-order valence-corrected chi connectivity index (χ0v) is 7.02. The molecule has 0 aromatic heterocycles. The molecule has 0 spiro atoms. The van der Waals surface area contributed by atoms with Crippen molar-refractivity contribution in [1.82, 2.24) is 0 Å². The van der Waals surface area contributed by atoms with Crippen molar-refractivity contribution in [3.63, 3.8) is 0 Å². The third kappa shape index (κ3) is 1.50. The van der Waals surface area contributed by atoms with Crippen molar-refractivity contribution in [3.8, 4) is 0 Å². The first-order valence-electron chi connectivity index (χ1n) is 3.81. The monoisotopic (exact) mass is 153 g/mol. The molecule has 0 aliphatic heterocycles. The molecule has 0 bridgehead atoms. The summed E-state index contributed by atoms with van der Waals surface area (Å²) < 4.78 is 0. The van der Waals surface area contributed by atoms with E-state index in [0.29, 0.717) is 6.42 Å². The van der Waals surface area contributed by atoms with Crippen LogP contribution >= 0.6 is 0 Å². The Kier molecular flexibility index (Phi) is 1.87. The van der Waals surface area contributed by atoms with Crippen LogP contribution < -0.4 is 0 Å². The molecule has 0 heterocycles. The van der Waals surface area contributed by atoms with Crippen LogP contribution in [-0.4, -0.2) is 11.6 Å². The quantitative estimate of drug-likeness (QED) is 0.493. The highest BCUT2D eigenvalue weighted by Crippen LogP contribution is 2.35. The van der Waals surface area contributed by atoms with Crippen molar-refractivity contribution in [1.29, 1.82) is 0 Å². The summed E-state index contributed by atoms with van der Waals surface area (Å²) in [5, 5.41) is 0. The van der Waals surface area contributed by atoms with Gasteiger partial charge in [0, 0.05) is 12.3 Å². The second-order valence-electron chi connectivity index (χ2n) is 3.90. The van der Waals surface area contributed by atoms with E-state index in [-0.39, 0.29) is 29.3 Å². The van der Waals surface area contributed by atoms with Crippen LogP contribution in [0.25, 0.3) is 0 Å². The fraction of sp³-hybridized carbons (Fsp3) is 0.667. The molecule has 1 atom stereocenters. The minimum atomic E-state index is -0.230. The van der Waals surface area contributed by atoms with Crippen LogP contribution in [0.5, 0.6) is 0 Å². The van der Waals surface area contributed by atoms with Gasteiger partial charge >= 0.3 is 0 Å². The third-order valence-corrected chi connectivity index (χ3v) is 2.36. The van der Waals surface area contributed by atoms with Gasteiger partial charge < -0.3 is 0 Å². The Morgan fingerprint density at radius 3 is 2.45 bits per heavy atom. The van der Waals surface area contributed by atoms with Crippen LogP contribution in [0.4, 0.5) is 0 Å². The standard InChI is InChI=1S/C9H13O2/c1-6-8(11)4-7(10)5-9(6,2)3/h6H,1,4-5H2,2-3H3. The molecule has 1 rings (SSSR count). The molecule has 0 N–H and O–H groups in total. The van der Waals surface area contributed by atoms with Crippen molar-refractivity contribution < 1.29 is 9.59 Å². The van der Waals surface area contributed by atoms with Crippen molar-refractivity contribution in [2.24, 2.45) is 11.3 Å². The van der Waals surface area contributed by atoms with Crippen molar-refractivity contribution in [2.75, 3.05) is 0 Å². The lowest BCUT2D eigenvalue weighted by atomic mass is 9.69. The number of rotatable bonds is 0. The Bertz CT molecular complexity index is 204. The lowest BCUT2D eigenvalue weighted by Gasteiger charge is -2.33. The summed E-state index contributed by atoms with van der Waals surface area (Å²) in [6.07, 6.45) is 0.588. The second kappa shape index (κ2) is 2.43. The summed E-state index contributed by atoms with van der Waals surface area (Å²) in [6, 6.07) is 0. The van der Waals surface area contributed by atoms with E-state index in [9.17, 15) is 9.59 Å². The predicted molar refractivity (Wildman–Crippen MR) is 41.9 cm³/mol. The maximum Gasteiger partial charge on any atom is 0.143 e. The van der Waals surface area contributed by atoms with Gasteiger partial charge in [-0.3, -0.25) is 9.59 Å². The zero-order valence-electron chi connectivity index (χ0n) is 7.02. The Hall–Kier alpha value is -0.660. The van der Waals surface area contributed by atoms with E-state index in [0.717, 1.165) is 0 Å². The third-order valence-electron chi connectivity index (χ3n) is 2.36. The summed E-state index contributed by atoms with van der Waals surface area (Å²) in [6.45, 7) is 7.60. The highest BCUT2D eigenvalue weighted by Gasteiger charge is 2.38. The molecular formula is C9H13O2. The average molecular weight is 153 g/mol. The van der Waals surface area contributed by atoms with Gasteiger partial charge in [0.05, 0.1) is 6.42 Å². The molecule has 0 aromatic rings. The van der Waals surface area contributed by atoms with Gasteiger partial charge in [-0.05, 0) is 12.3 Å². The zero-order chi connectivity index (χ0) is 8.65. The Morgan fingerprint density at radius 1 is 1.45 bits per heavy atom. The largest absolute Gasteiger partial charge is 0.299 e. The smallest absolute Gasteiger partial charge is 0.143 e. The first kappa shape index (κ1) is 8.44. The predicted octanol–water partition coefficient (Wildman–Crippen LogP) is 1.39. The molecule has 0 aromatic carbocycles. The van der Waals surface area contributed by atoms with E-state index in [2.05, 4.69) is 6.92 Å². The summed E-state index contributed by atoms with van der Waals surface area (Å²) in [7, 11) is 0. The van der Waals surface area contributed by atoms with Crippen molar-refractivity contribution in [2.45, 2.75) is 26.7 Å². The van der Waals surface area contributed by atoms with Gasteiger partial charge in [0.1, 0.15) is 11.6 Å². The Labute approximate surface area is 67.0 Å². The molecule has 1 unspecified atom stereocenters. The number of carbonyl (C=O) groups excluding carboxylic acids is 2. The van der Waals surface area contributed by atoms with Crippen LogP contribution in [0.15, 0.2) is 0 Å². The lowest BCUT2D eigenvalue weighted by Crippen LogP contribution is -2.37. The normalized spacial score (nSPS) is 30.6. The molecule has 11 heavy (non-hydrogen) atoms. The van der Waals surface area contributed by atoms with Crippen molar-refractivity contribution in [3.05, 3.63) is 6.92 Å². The molecule has 1 radical (unpaired) electrons. The summed E-state index contributed by atoms with van der Waals surface area (Å²) in [4.78, 5) is 22.1. The minimum absolute atomic E-state index is 0.00810. The molecule has 0 saturated heterocycles. The number of Topliss-reactive ketones (excluding diaryl/α,β-unsaturated/α-hetero) is 2. The first-order valence-corrected chi connectivity index (χ1v) is 3.81. The van der Waals surface area contributed by atoms with Gasteiger partial charge in [-0.2, -0.15) is 0 Å². The Morgan fingerprint density at radius 2 is 2.00 bits per heavy atom. The van der Waals surface area contributed by atoms with Gasteiger partial charge in [0.25, 0.3) is 0 Å². The maximum atomic E-state index is 11.1. The van der Waals surface area contributed by atoms with Gasteiger partial charge in [-0.15, -0.1) is 0 Å². The van der Waals surface area contributed by atoms with E-state index < -0.39 is 0 Å². The van der Waals surface area contributed by atoms with Gasteiger partial charge in [-0.25, -0.2) is 0 Å². The lowest BCUT2D eigenvalue weighted by molar-refractivity contribution is -0.136. The molecule has 1 aliphatic carbocycles. The molecule has 2 heteroatoms. The van der Waals surface area contributed by atoms with Crippen LogP contribution in [0, 0.1) is 18.3 Å². The fourth-order valence-electron chi connectivity index (χ4n) is 1.45. The van der Waals surface area contributed by atoms with Gasteiger partial charge in [0.2, 0.25) is 0 Å². The number of carbonyl (C=O) groups is 2. The van der Waals surface area contributed by atoms with E-state index in [1.807, 2.05) is 13.8 Å². The van der Waals surface area contributed by atoms with E-state index >= 15 is 0 Å². The summed E-state index contributed by atoms with van der Waals surface area (Å²) >= 11 is 0. The molecule has 1 fully saturated rings. The Balaban J connectivity index is 2.83. The summed E-state index contributed by atoms with van der Waals surface area (Å²) in [5.74, 6) is -0.161. The number of hydrogen-bond donors (Lipinski definition) is 0. The summed E-state index contributed by atoms with van der Waals surface area (Å²) in [5.41, 5.74) is -0.230. The van der Waals surface area contributed by atoms with Gasteiger partial charge in [0.15, 0.2) is 0 Å². The van der Waals surface area contributed by atoms with Crippen LogP contribution in [-0.2, 0) is 9.59 Å². The molecule has 0 amide bonds. The topological polar surface area (TPSA) is 34.1 Å². The SMILES string of the molecule is [CH2]C1C(=O)CC(=O)CC1(C)C. The molecule has 1 aliphatic rings. The highest BCUT2D eigenvalue weighted by molar-refractivity contribution is 6.03. The number of hydrogen-bond acceptors (Lipinski definition) is 2.